The Morgan fingerprint density at radius 2 is 2.00 bits per heavy atom. The number of benzene rings is 1. The molecule has 1 heterocycles. The summed E-state index contributed by atoms with van der Waals surface area (Å²) in [6.07, 6.45) is 2.30. The van der Waals surface area contributed by atoms with Crippen molar-refractivity contribution in [3.63, 3.8) is 0 Å². The van der Waals surface area contributed by atoms with Crippen LogP contribution in [0.15, 0.2) is 24.3 Å². The van der Waals surface area contributed by atoms with E-state index in [9.17, 15) is 4.79 Å². The van der Waals surface area contributed by atoms with E-state index in [-0.39, 0.29) is 5.91 Å². The van der Waals surface area contributed by atoms with Gasteiger partial charge in [-0.25, -0.2) is 0 Å². The van der Waals surface area contributed by atoms with Crippen molar-refractivity contribution in [2.24, 2.45) is 0 Å². The quantitative estimate of drug-likeness (QED) is 0.716. The highest BCUT2D eigenvalue weighted by molar-refractivity contribution is 6.33. The van der Waals surface area contributed by atoms with Gasteiger partial charge in [0.15, 0.2) is 0 Å². The zero-order valence-electron chi connectivity index (χ0n) is 10.9. The van der Waals surface area contributed by atoms with Crippen LogP contribution in [0, 0.1) is 0 Å². The predicted octanol–water partition coefficient (Wildman–Crippen LogP) is 1.41. The molecule has 1 amide bonds. The smallest absolute Gasteiger partial charge is 0.252 e. The summed E-state index contributed by atoms with van der Waals surface area (Å²) in [4.78, 5) is 11.9. The van der Waals surface area contributed by atoms with E-state index in [1.54, 1.807) is 12.1 Å². The maximum absolute atomic E-state index is 11.9. The Labute approximate surface area is 118 Å². The first-order valence-corrected chi connectivity index (χ1v) is 7.12. The Hall–Kier alpha value is -1.10. The molecule has 1 fully saturated rings. The third kappa shape index (κ3) is 4.49. The number of hydrogen-bond acceptors (Lipinski definition) is 3. The number of carbonyl (C=O) groups excluding carboxylic acids is 1. The molecule has 5 heteroatoms. The maximum atomic E-state index is 11.9. The number of amides is 1. The summed E-state index contributed by atoms with van der Waals surface area (Å²) in [5.41, 5.74) is 0.533. The van der Waals surface area contributed by atoms with Crippen molar-refractivity contribution in [2.75, 3.05) is 26.2 Å². The average molecular weight is 282 g/mol. The summed E-state index contributed by atoms with van der Waals surface area (Å²) < 4.78 is 0. The molecule has 1 aromatic carbocycles. The van der Waals surface area contributed by atoms with Crippen molar-refractivity contribution < 1.29 is 4.79 Å². The summed E-state index contributed by atoms with van der Waals surface area (Å²) in [5, 5.41) is 10.2. The summed E-state index contributed by atoms with van der Waals surface area (Å²) in [7, 11) is 0. The summed E-state index contributed by atoms with van der Waals surface area (Å²) in [6.45, 7) is 3.56. The topological polar surface area (TPSA) is 53.2 Å². The zero-order chi connectivity index (χ0) is 13.5. The fourth-order valence-electron chi connectivity index (χ4n) is 2.22. The highest BCUT2D eigenvalue weighted by Gasteiger charge is 2.12. The Morgan fingerprint density at radius 3 is 2.74 bits per heavy atom. The van der Waals surface area contributed by atoms with E-state index in [0.29, 0.717) is 23.2 Å². The maximum Gasteiger partial charge on any atom is 0.252 e. The first-order valence-electron chi connectivity index (χ1n) is 6.74. The van der Waals surface area contributed by atoms with Crippen LogP contribution in [-0.2, 0) is 0 Å². The van der Waals surface area contributed by atoms with Gasteiger partial charge in [-0.3, -0.25) is 4.79 Å². The minimum absolute atomic E-state index is 0.113. The van der Waals surface area contributed by atoms with Crippen LogP contribution in [0.3, 0.4) is 0 Å². The fraction of sp³-hybridized carbons (Fsp3) is 0.500. The molecule has 0 radical (unpaired) electrons. The Balaban J connectivity index is 1.68. The molecule has 1 saturated heterocycles. The summed E-state index contributed by atoms with van der Waals surface area (Å²) in [6, 6.07) is 7.66. The molecule has 0 saturated carbocycles. The Kier molecular flexibility index (Phi) is 5.63. The Morgan fingerprint density at radius 1 is 1.26 bits per heavy atom. The first kappa shape index (κ1) is 14.3. The molecule has 0 spiro atoms. The molecule has 0 aliphatic carbocycles. The van der Waals surface area contributed by atoms with Crippen LogP contribution < -0.4 is 16.0 Å². The lowest BCUT2D eigenvalue weighted by Gasteiger charge is -2.23. The van der Waals surface area contributed by atoms with Crippen LogP contribution in [-0.4, -0.2) is 38.1 Å². The largest absolute Gasteiger partial charge is 0.351 e. The van der Waals surface area contributed by atoms with E-state index in [4.69, 9.17) is 11.6 Å². The van der Waals surface area contributed by atoms with E-state index in [0.717, 1.165) is 32.5 Å². The van der Waals surface area contributed by atoms with Crippen LogP contribution >= 0.6 is 11.6 Å². The van der Waals surface area contributed by atoms with Gasteiger partial charge in [0.2, 0.25) is 0 Å². The van der Waals surface area contributed by atoms with Gasteiger partial charge in [0.1, 0.15) is 0 Å². The predicted molar refractivity (Wildman–Crippen MR) is 77.7 cm³/mol. The van der Waals surface area contributed by atoms with Crippen LogP contribution in [0.4, 0.5) is 0 Å². The molecule has 0 aromatic heterocycles. The number of halogens is 1. The lowest BCUT2D eigenvalue weighted by atomic mass is 10.1. The zero-order valence-corrected chi connectivity index (χ0v) is 11.7. The molecule has 1 aliphatic rings. The Bertz CT molecular complexity index is 419. The van der Waals surface area contributed by atoms with E-state index in [2.05, 4.69) is 16.0 Å². The minimum Gasteiger partial charge on any atom is -0.351 e. The van der Waals surface area contributed by atoms with Crippen LogP contribution in [0.5, 0.6) is 0 Å². The van der Waals surface area contributed by atoms with Gasteiger partial charge in [-0.15, -0.1) is 0 Å². The number of nitrogens with one attached hydrogen (secondary N) is 3. The fourth-order valence-corrected chi connectivity index (χ4v) is 2.44. The van der Waals surface area contributed by atoms with Gasteiger partial charge in [-0.1, -0.05) is 23.7 Å². The highest BCUT2D eigenvalue weighted by atomic mass is 35.5. The van der Waals surface area contributed by atoms with Crippen LogP contribution in [0.25, 0.3) is 0 Å². The molecular weight excluding hydrogens is 262 g/mol. The monoisotopic (exact) mass is 281 g/mol. The summed E-state index contributed by atoms with van der Waals surface area (Å²) >= 11 is 5.97. The van der Waals surface area contributed by atoms with Gasteiger partial charge in [0.25, 0.3) is 5.91 Å². The van der Waals surface area contributed by atoms with Crippen molar-refractivity contribution >= 4 is 17.5 Å². The molecule has 0 bridgehead atoms. The van der Waals surface area contributed by atoms with Gasteiger partial charge < -0.3 is 16.0 Å². The second-order valence-corrected chi connectivity index (χ2v) is 5.12. The van der Waals surface area contributed by atoms with Gasteiger partial charge in [0.05, 0.1) is 10.6 Å². The van der Waals surface area contributed by atoms with Crippen molar-refractivity contribution in [1.82, 2.24) is 16.0 Å². The lowest BCUT2D eigenvalue weighted by molar-refractivity contribution is 0.0953. The van der Waals surface area contributed by atoms with E-state index >= 15 is 0 Å². The van der Waals surface area contributed by atoms with Crippen LogP contribution in [0.2, 0.25) is 5.02 Å². The van der Waals surface area contributed by atoms with Gasteiger partial charge in [-0.05, 0) is 38.1 Å². The van der Waals surface area contributed by atoms with Gasteiger partial charge >= 0.3 is 0 Å². The average Bonchev–Trinajstić information content (AvgIpc) is 2.45. The standard InChI is InChI=1S/C14H20ClN3O/c15-13-4-2-1-3-12(13)14(19)18-10-9-17-11-5-7-16-8-6-11/h1-4,11,16-17H,5-10H2,(H,18,19). The molecule has 0 atom stereocenters. The van der Waals surface area contributed by atoms with E-state index < -0.39 is 0 Å². The molecule has 1 aliphatic heterocycles. The third-order valence-corrected chi connectivity index (χ3v) is 3.63. The molecule has 19 heavy (non-hydrogen) atoms. The van der Waals surface area contributed by atoms with Crippen molar-refractivity contribution in [2.45, 2.75) is 18.9 Å². The molecular formula is C14H20ClN3O. The lowest BCUT2D eigenvalue weighted by Crippen LogP contribution is -2.42. The first-order chi connectivity index (χ1) is 9.27. The highest BCUT2D eigenvalue weighted by Crippen LogP contribution is 2.14. The number of hydrogen-bond donors (Lipinski definition) is 3. The SMILES string of the molecule is O=C(NCCNC1CCNCC1)c1ccccc1Cl. The van der Waals surface area contributed by atoms with E-state index in [1.165, 1.54) is 0 Å². The van der Waals surface area contributed by atoms with Gasteiger partial charge in [-0.2, -0.15) is 0 Å². The minimum atomic E-state index is -0.113. The van der Waals surface area contributed by atoms with Crippen molar-refractivity contribution in [1.29, 1.82) is 0 Å². The molecule has 3 N–H and O–H groups in total. The second kappa shape index (κ2) is 7.48. The van der Waals surface area contributed by atoms with E-state index in [1.807, 2.05) is 12.1 Å². The molecule has 104 valence electrons. The molecule has 1 aromatic rings. The van der Waals surface area contributed by atoms with Gasteiger partial charge in [0, 0.05) is 19.1 Å². The second-order valence-electron chi connectivity index (χ2n) is 4.71. The van der Waals surface area contributed by atoms with Crippen LogP contribution in [0.1, 0.15) is 23.2 Å². The van der Waals surface area contributed by atoms with Crippen molar-refractivity contribution in [3.05, 3.63) is 34.9 Å². The normalized spacial score (nSPS) is 16.3. The summed E-state index contributed by atoms with van der Waals surface area (Å²) in [5.74, 6) is -0.113. The molecule has 0 unspecified atom stereocenters. The third-order valence-electron chi connectivity index (χ3n) is 3.30. The molecule has 4 nitrogen and oxygen atoms in total. The number of rotatable bonds is 5. The van der Waals surface area contributed by atoms with Crippen molar-refractivity contribution in [3.8, 4) is 0 Å². The number of carbonyl (C=O) groups is 1. The number of piperidine rings is 1. The molecule has 2 rings (SSSR count).